The number of benzene rings is 1. The highest BCUT2D eigenvalue weighted by molar-refractivity contribution is 6.00. The van der Waals surface area contributed by atoms with Gasteiger partial charge in [-0.1, -0.05) is 20.8 Å². The summed E-state index contributed by atoms with van der Waals surface area (Å²) in [4.78, 5) is 37.7. The fraction of sp³-hybridized carbons (Fsp3) is 0.654. The third-order valence-corrected chi connectivity index (χ3v) is 7.67. The molecular weight excluding hydrogens is 406 g/mol. The molecule has 0 saturated heterocycles. The van der Waals surface area contributed by atoms with Crippen LogP contribution in [-0.2, 0) is 20.9 Å². The largest absolute Gasteiger partial charge is 0.461 e. The molecule has 0 heterocycles. The molecule has 4 aliphatic carbocycles. The van der Waals surface area contributed by atoms with Crippen molar-refractivity contribution in [2.75, 3.05) is 0 Å². The molecule has 5 rings (SSSR count). The summed E-state index contributed by atoms with van der Waals surface area (Å²) in [6.45, 7) is 7.00. The summed E-state index contributed by atoms with van der Waals surface area (Å²) in [5, 5.41) is 0. The van der Waals surface area contributed by atoms with Crippen LogP contribution in [0, 0.1) is 28.6 Å². The fourth-order valence-corrected chi connectivity index (χ4v) is 6.27. The topological polar surface area (TPSA) is 95.7 Å². The normalized spacial score (nSPS) is 29.5. The van der Waals surface area contributed by atoms with E-state index in [-0.39, 0.29) is 18.4 Å². The summed E-state index contributed by atoms with van der Waals surface area (Å²) >= 11 is 0. The van der Waals surface area contributed by atoms with Gasteiger partial charge in [-0.2, -0.15) is 0 Å². The van der Waals surface area contributed by atoms with E-state index < -0.39 is 22.8 Å². The molecule has 4 fully saturated rings. The minimum atomic E-state index is -0.676. The summed E-state index contributed by atoms with van der Waals surface area (Å²) in [5.74, 6) is 1.45. The number of carbonyl (C=O) groups excluding carboxylic acids is 3. The molecule has 4 aliphatic rings. The van der Waals surface area contributed by atoms with Gasteiger partial charge in [-0.3, -0.25) is 14.4 Å². The van der Waals surface area contributed by atoms with Gasteiger partial charge < -0.3 is 15.2 Å². The highest BCUT2D eigenvalue weighted by Crippen LogP contribution is 2.60. The number of carbonyl (C=O) groups is 3. The van der Waals surface area contributed by atoms with Crippen molar-refractivity contribution in [1.82, 2.24) is 0 Å². The molecule has 1 atom stereocenters. The Morgan fingerprint density at radius 2 is 1.62 bits per heavy atom. The molecule has 4 bridgehead atoms. The summed E-state index contributed by atoms with van der Waals surface area (Å²) in [5.41, 5.74) is 6.31. The average Bonchev–Trinajstić information content (AvgIpc) is 2.70. The molecule has 32 heavy (non-hydrogen) atoms. The lowest BCUT2D eigenvalue weighted by molar-refractivity contribution is -0.161. The number of hydrogen-bond donors (Lipinski definition) is 1. The van der Waals surface area contributed by atoms with Crippen molar-refractivity contribution in [2.24, 2.45) is 34.3 Å². The Bertz CT molecular complexity index is 893. The first kappa shape index (κ1) is 23.0. The quantitative estimate of drug-likeness (QED) is 0.399. The highest BCUT2D eigenvalue weighted by atomic mass is 16.5. The van der Waals surface area contributed by atoms with Crippen molar-refractivity contribution in [2.45, 2.75) is 78.9 Å². The number of rotatable bonds is 6. The molecular formula is C26H35NO5. The van der Waals surface area contributed by atoms with Gasteiger partial charge in [0.25, 0.3) is 0 Å². The van der Waals surface area contributed by atoms with Crippen LogP contribution in [0.4, 0.5) is 0 Å². The van der Waals surface area contributed by atoms with Crippen LogP contribution >= 0.6 is 0 Å². The summed E-state index contributed by atoms with van der Waals surface area (Å²) in [6.07, 6.45) is 6.47. The maximum absolute atomic E-state index is 13.4. The Morgan fingerprint density at radius 3 is 2.12 bits per heavy atom. The molecule has 1 aromatic rings. The van der Waals surface area contributed by atoms with E-state index in [4.69, 9.17) is 15.2 Å². The maximum Gasteiger partial charge on any atom is 0.317 e. The van der Waals surface area contributed by atoms with Gasteiger partial charge in [-0.25, -0.2) is 0 Å². The molecule has 0 aliphatic heterocycles. The zero-order valence-electron chi connectivity index (χ0n) is 19.6. The molecule has 1 unspecified atom stereocenters. The lowest BCUT2D eigenvalue weighted by Crippen LogP contribution is -2.51. The Labute approximate surface area is 190 Å². The van der Waals surface area contributed by atoms with E-state index in [2.05, 4.69) is 0 Å². The number of ketones is 1. The van der Waals surface area contributed by atoms with Gasteiger partial charge in [-0.05, 0) is 79.9 Å². The summed E-state index contributed by atoms with van der Waals surface area (Å²) in [7, 11) is 0. The van der Waals surface area contributed by atoms with Crippen LogP contribution in [-0.4, -0.2) is 23.8 Å². The van der Waals surface area contributed by atoms with Crippen molar-refractivity contribution < 1.29 is 23.9 Å². The Hall–Kier alpha value is -2.21. The van der Waals surface area contributed by atoms with E-state index in [0.717, 1.165) is 19.3 Å². The zero-order valence-corrected chi connectivity index (χ0v) is 19.6. The number of Topliss-reactive ketones (excluding diaryl/α,β-unsaturated/α-hetero) is 1. The van der Waals surface area contributed by atoms with Crippen molar-refractivity contribution in [3.63, 3.8) is 0 Å². The van der Waals surface area contributed by atoms with Gasteiger partial charge in [0, 0.05) is 18.1 Å². The van der Waals surface area contributed by atoms with Gasteiger partial charge in [0.05, 0.1) is 11.5 Å². The first-order chi connectivity index (χ1) is 15.0. The van der Waals surface area contributed by atoms with E-state index in [9.17, 15) is 14.4 Å². The van der Waals surface area contributed by atoms with E-state index in [1.807, 2.05) is 20.8 Å². The van der Waals surface area contributed by atoms with Crippen LogP contribution in [0.5, 0.6) is 5.75 Å². The van der Waals surface area contributed by atoms with E-state index in [1.165, 1.54) is 26.2 Å². The summed E-state index contributed by atoms with van der Waals surface area (Å²) in [6, 6.07) is 4.25. The first-order valence-electron chi connectivity index (χ1n) is 11.8. The lowest BCUT2D eigenvalue weighted by atomic mass is 9.49. The van der Waals surface area contributed by atoms with E-state index in [0.29, 0.717) is 34.6 Å². The maximum atomic E-state index is 13.4. The van der Waals surface area contributed by atoms with Crippen LogP contribution in [0.1, 0.15) is 82.1 Å². The van der Waals surface area contributed by atoms with E-state index >= 15 is 0 Å². The summed E-state index contributed by atoms with van der Waals surface area (Å²) < 4.78 is 11.1. The Kier molecular flexibility index (Phi) is 5.95. The zero-order chi connectivity index (χ0) is 23.3. The molecule has 1 aromatic carbocycles. The second kappa shape index (κ2) is 8.29. The molecule has 174 valence electrons. The van der Waals surface area contributed by atoms with Crippen LogP contribution in [0.3, 0.4) is 0 Å². The number of hydrogen-bond acceptors (Lipinski definition) is 6. The number of esters is 2. The first-order valence-corrected chi connectivity index (χ1v) is 11.8. The highest BCUT2D eigenvalue weighted by Gasteiger charge is 2.55. The Morgan fingerprint density at radius 1 is 1.06 bits per heavy atom. The second-order valence-electron chi connectivity index (χ2n) is 11.4. The lowest BCUT2D eigenvalue weighted by Gasteiger charge is -2.55. The van der Waals surface area contributed by atoms with Crippen LogP contribution in [0.2, 0.25) is 0 Å². The molecule has 4 saturated carbocycles. The molecule has 0 amide bonds. The SMILES string of the molecule is CC(=O)OCc1cc(C(=O)C(N)C(C)(C)C)ccc1OC(=O)C12CC3CC(CC(C3)C1)C2. The standard InChI is InChI=1S/C26H35NO5/c1-15(28)31-14-20-10-19(22(29)23(27)25(2,3)4)5-6-21(20)32-24(30)26-11-16-7-17(12-26)9-18(8-16)13-26/h5-6,10,16-18,23H,7-9,11-14,27H2,1-4H3. The third-order valence-electron chi connectivity index (χ3n) is 7.67. The number of nitrogens with two attached hydrogens (primary N) is 1. The molecule has 0 aromatic heterocycles. The van der Waals surface area contributed by atoms with Gasteiger partial charge in [0.15, 0.2) is 5.78 Å². The third kappa shape index (κ3) is 4.47. The predicted octanol–water partition coefficient (Wildman–Crippen LogP) is 4.43. The van der Waals surface area contributed by atoms with Crippen molar-refractivity contribution in [3.05, 3.63) is 29.3 Å². The number of ether oxygens (including phenoxy) is 2. The predicted molar refractivity (Wildman–Crippen MR) is 120 cm³/mol. The smallest absolute Gasteiger partial charge is 0.317 e. The minimum absolute atomic E-state index is 0.0648. The molecule has 0 radical (unpaired) electrons. The molecule has 6 nitrogen and oxygen atoms in total. The van der Waals surface area contributed by atoms with Crippen molar-refractivity contribution in [3.8, 4) is 5.75 Å². The van der Waals surface area contributed by atoms with Gasteiger partial charge in [-0.15, -0.1) is 0 Å². The Balaban J connectivity index is 1.58. The fourth-order valence-electron chi connectivity index (χ4n) is 6.27. The monoisotopic (exact) mass is 441 g/mol. The van der Waals surface area contributed by atoms with Gasteiger partial charge >= 0.3 is 11.9 Å². The minimum Gasteiger partial charge on any atom is -0.461 e. The van der Waals surface area contributed by atoms with Crippen LogP contribution < -0.4 is 10.5 Å². The second-order valence-corrected chi connectivity index (χ2v) is 11.4. The molecule has 2 N–H and O–H groups in total. The van der Waals surface area contributed by atoms with E-state index in [1.54, 1.807) is 18.2 Å². The van der Waals surface area contributed by atoms with Crippen LogP contribution in [0.25, 0.3) is 0 Å². The van der Waals surface area contributed by atoms with Crippen molar-refractivity contribution >= 4 is 17.7 Å². The van der Waals surface area contributed by atoms with Crippen molar-refractivity contribution in [1.29, 1.82) is 0 Å². The molecule has 6 heteroatoms. The molecule has 0 spiro atoms. The average molecular weight is 442 g/mol. The van der Waals surface area contributed by atoms with Gasteiger partial charge in [0.1, 0.15) is 12.4 Å². The van der Waals surface area contributed by atoms with Crippen LogP contribution in [0.15, 0.2) is 18.2 Å². The van der Waals surface area contributed by atoms with Gasteiger partial charge in [0.2, 0.25) is 0 Å².